The quantitative estimate of drug-likeness (QED) is 0.683. The van der Waals surface area contributed by atoms with Gasteiger partial charge in [-0.05, 0) is 37.3 Å². The molecule has 2 aromatic heterocycles. The summed E-state index contributed by atoms with van der Waals surface area (Å²) in [6, 6.07) is 15.4. The SMILES string of the molecule is COc1cc(C)n(CCNC(=O)c2cccc(Oc3ccccn3)c2)c(=O)c1. The van der Waals surface area contributed by atoms with Crippen LogP contribution in [0.15, 0.2) is 65.6 Å². The van der Waals surface area contributed by atoms with Crippen LogP contribution in [-0.4, -0.2) is 29.1 Å². The van der Waals surface area contributed by atoms with Gasteiger partial charge in [0.25, 0.3) is 11.5 Å². The van der Waals surface area contributed by atoms with Gasteiger partial charge < -0.3 is 19.4 Å². The lowest BCUT2D eigenvalue weighted by Crippen LogP contribution is -2.31. The Labute approximate surface area is 162 Å². The number of nitrogens with one attached hydrogen (secondary N) is 1. The van der Waals surface area contributed by atoms with Crippen LogP contribution in [0.5, 0.6) is 17.4 Å². The van der Waals surface area contributed by atoms with Gasteiger partial charge in [0.1, 0.15) is 11.5 Å². The molecule has 7 nitrogen and oxygen atoms in total. The maximum atomic E-state index is 12.4. The van der Waals surface area contributed by atoms with Gasteiger partial charge in [-0.15, -0.1) is 0 Å². The van der Waals surface area contributed by atoms with Crippen molar-refractivity contribution in [2.45, 2.75) is 13.5 Å². The zero-order valence-electron chi connectivity index (χ0n) is 15.7. The molecule has 0 radical (unpaired) electrons. The molecule has 2 heterocycles. The lowest BCUT2D eigenvalue weighted by atomic mass is 10.2. The number of ether oxygens (including phenoxy) is 2. The van der Waals surface area contributed by atoms with Crippen molar-refractivity contribution in [3.8, 4) is 17.4 Å². The lowest BCUT2D eigenvalue weighted by molar-refractivity contribution is 0.0951. The first-order chi connectivity index (χ1) is 13.6. The fourth-order valence-corrected chi connectivity index (χ4v) is 2.72. The maximum Gasteiger partial charge on any atom is 0.254 e. The third-order valence-electron chi connectivity index (χ3n) is 4.12. The first-order valence-electron chi connectivity index (χ1n) is 8.79. The van der Waals surface area contributed by atoms with Gasteiger partial charge in [-0.2, -0.15) is 0 Å². The molecule has 0 aliphatic heterocycles. The van der Waals surface area contributed by atoms with E-state index >= 15 is 0 Å². The summed E-state index contributed by atoms with van der Waals surface area (Å²) in [7, 11) is 1.52. The molecule has 144 valence electrons. The summed E-state index contributed by atoms with van der Waals surface area (Å²) in [5.74, 6) is 1.25. The van der Waals surface area contributed by atoms with E-state index in [0.29, 0.717) is 36.0 Å². The Morgan fingerprint density at radius 1 is 1.11 bits per heavy atom. The van der Waals surface area contributed by atoms with Gasteiger partial charge in [0.15, 0.2) is 0 Å². The molecule has 0 fully saturated rings. The standard InChI is InChI=1S/C21H21N3O4/c1-15-12-18(27-2)14-20(25)24(15)11-10-23-21(26)16-6-5-7-17(13-16)28-19-8-3-4-9-22-19/h3-9,12-14H,10-11H2,1-2H3,(H,23,26). The Balaban J connectivity index is 1.61. The number of pyridine rings is 2. The predicted octanol–water partition coefficient (Wildman–Crippen LogP) is 2.78. The molecule has 0 saturated carbocycles. The molecule has 28 heavy (non-hydrogen) atoms. The number of amides is 1. The molecule has 0 aliphatic carbocycles. The summed E-state index contributed by atoms with van der Waals surface area (Å²) in [6.07, 6.45) is 1.63. The predicted molar refractivity (Wildman–Crippen MR) is 105 cm³/mol. The largest absolute Gasteiger partial charge is 0.496 e. The number of carbonyl (C=O) groups is 1. The molecule has 1 amide bonds. The first kappa shape index (κ1) is 19.2. The monoisotopic (exact) mass is 379 g/mol. The minimum atomic E-state index is -0.245. The van der Waals surface area contributed by atoms with E-state index in [2.05, 4.69) is 10.3 Å². The number of aromatic nitrogens is 2. The average Bonchev–Trinajstić information content (AvgIpc) is 2.70. The molecule has 0 unspecified atom stereocenters. The van der Waals surface area contributed by atoms with Gasteiger partial charge in [-0.1, -0.05) is 12.1 Å². The Bertz CT molecular complexity index is 1020. The van der Waals surface area contributed by atoms with E-state index in [9.17, 15) is 9.59 Å². The second-order valence-corrected chi connectivity index (χ2v) is 6.08. The number of hydrogen-bond donors (Lipinski definition) is 1. The fourth-order valence-electron chi connectivity index (χ4n) is 2.72. The molecule has 1 N–H and O–H groups in total. The van der Waals surface area contributed by atoms with Crippen LogP contribution in [0, 0.1) is 6.92 Å². The molecule has 3 rings (SSSR count). The van der Waals surface area contributed by atoms with Gasteiger partial charge in [-0.3, -0.25) is 9.59 Å². The normalized spacial score (nSPS) is 10.4. The van der Waals surface area contributed by atoms with Crippen molar-refractivity contribution >= 4 is 5.91 Å². The van der Waals surface area contributed by atoms with E-state index in [0.717, 1.165) is 5.69 Å². The van der Waals surface area contributed by atoms with Crippen LogP contribution in [0.4, 0.5) is 0 Å². The smallest absolute Gasteiger partial charge is 0.254 e. The highest BCUT2D eigenvalue weighted by molar-refractivity contribution is 5.94. The Kier molecular flexibility index (Phi) is 6.06. The van der Waals surface area contributed by atoms with Crippen LogP contribution in [-0.2, 0) is 6.54 Å². The molecule has 0 atom stereocenters. The number of methoxy groups -OCH3 is 1. The minimum Gasteiger partial charge on any atom is -0.496 e. The van der Waals surface area contributed by atoms with Crippen molar-refractivity contribution in [2.24, 2.45) is 0 Å². The zero-order chi connectivity index (χ0) is 19.9. The Morgan fingerprint density at radius 3 is 2.68 bits per heavy atom. The second kappa shape index (κ2) is 8.85. The van der Waals surface area contributed by atoms with Crippen LogP contribution < -0.4 is 20.3 Å². The van der Waals surface area contributed by atoms with Crippen molar-refractivity contribution in [1.82, 2.24) is 14.9 Å². The molecule has 0 spiro atoms. The number of carbonyl (C=O) groups excluding carboxylic acids is 1. The molecule has 0 saturated heterocycles. The third-order valence-corrected chi connectivity index (χ3v) is 4.12. The number of benzene rings is 1. The van der Waals surface area contributed by atoms with E-state index in [1.807, 2.05) is 13.0 Å². The van der Waals surface area contributed by atoms with Crippen LogP contribution in [0.25, 0.3) is 0 Å². The summed E-state index contributed by atoms with van der Waals surface area (Å²) in [5.41, 5.74) is 1.06. The number of rotatable bonds is 7. The summed E-state index contributed by atoms with van der Waals surface area (Å²) < 4.78 is 12.3. The molecule has 0 bridgehead atoms. The summed E-state index contributed by atoms with van der Waals surface area (Å²) in [4.78, 5) is 28.6. The van der Waals surface area contributed by atoms with Crippen molar-refractivity contribution in [1.29, 1.82) is 0 Å². The Hall–Kier alpha value is -3.61. The summed E-state index contributed by atoms with van der Waals surface area (Å²) in [6.45, 7) is 2.51. The van der Waals surface area contributed by atoms with Crippen LogP contribution in [0.3, 0.4) is 0 Å². The van der Waals surface area contributed by atoms with Crippen molar-refractivity contribution in [3.05, 3.63) is 82.4 Å². The van der Waals surface area contributed by atoms with Gasteiger partial charge in [0.2, 0.25) is 5.88 Å². The van der Waals surface area contributed by atoms with E-state index in [1.165, 1.54) is 13.2 Å². The fraction of sp³-hybridized carbons (Fsp3) is 0.190. The van der Waals surface area contributed by atoms with Crippen LogP contribution >= 0.6 is 0 Å². The molecule has 0 aliphatic rings. The average molecular weight is 379 g/mol. The maximum absolute atomic E-state index is 12.4. The van der Waals surface area contributed by atoms with Crippen molar-refractivity contribution < 1.29 is 14.3 Å². The second-order valence-electron chi connectivity index (χ2n) is 6.08. The number of hydrogen-bond acceptors (Lipinski definition) is 5. The molecule has 7 heteroatoms. The van der Waals surface area contributed by atoms with Crippen molar-refractivity contribution in [2.75, 3.05) is 13.7 Å². The highest BCUT2D eigenvalue weighted by Crippen LogP contribution is 2.20. The number of aryl methyl sites for hydroxylation is 1. The zero-order valence-corrected chi connectivity index (χ0v) is 15.7. The first-order valence-corrected chi connectivity index (χ1v) is 8.79. The third kappa shape index (κ3) is 4.76. The summed E-state index contributed by atoms with van der Waals surface area (Å²) >= 11 is 0. The highest BCUT2D eigenvalue weighted by Gasteiger charge is 2.09. The molecular formula is C21H21N3O4. The highest BCUT2D eigenvalue weighted by atomic mass is 16.5. The van der Waals surface area contributed by atoms with Crippen molar-refractivity contribution in [3.63, 3.8) is 0 Å². The van der Waals surface area contributed by atoms with Gasteiger partial charge >= 0.3 is 0 Å². The van der Waals surface area contributed by atoms with Crippen LogP contribution in [0.1, 0.15) is 16.1 Å². The number of nitrogens with zero attached hydrogens (tertiary/aromatic N) is 2. The van der Waals surface area contributed by atoms with Gasteiger partial charge in [0.05, 0.1) is 7.11 Å². The van der Waals surface area contributed by atoms with E-state index in [-0.39, 0.29) is 11.5 Å². The van der Waals surface area contributed by atoms with Gasteiger partial charge in [0, 0.05) is 42.7 Å². The Morgan fingerprint density at radius 2 is 1.96 bits per heavy atom. The molecule has 1 aromatic carbocycles. The topological polar surface area (TPSA) is 82.4 Å². The van der Waals surface area contributed by atoms with Crippen LogP contribution in [0.2, 0.25) is 0 Å². The minimum absolute atomic E-state index is 0.170. The van der Waals surface area contributed by atoms with Gasteiger partial charge in [-0.25, -0.2) is 4.98 Å². The van der Waals surface area contributed by atoms with E-state index in [1.54, 1.807) is 53.2 Å². The molecular weight excluding hydrogens is 358 g/mol. The van der Waals surface area contributed by atoms with E-state index < -0.39 is 0 Å². The molecule has 3 aromatic rings. The van der Waals surface area contributed by atoms with E-state index in [4.69, 9.17) is 9.47 Å². The summed E-state index contributed by atoms with van der Waals surface area (Å²) in [5, 5.41) is 2.82. The lowest BCUT2D eigenvalue weighted by Gasteiger charge is -2.12.